The number of hydrogen-bond acceptors (Lipinski definition) is 7. The maximum Gasteiger partial charge on any atom is 0.264 e. The summed E-state index contributed by atoms with van der Waals surface area (Å²) in [5.74, 6) is 0.316. The van der Waals surface area contributed by atoms with Gasteiger partial charge in [0.25, 0.3) is 15.9 Å². The third-order valence-corrected chi connectivity index (χ3v) is 7.06. The zero-order chi connectivity index (χ0) is 21.8. The lowest BCUT2D eigenvalue weighted by Gasteiger charge is -2.27. The summed E-state index contributed by atoms with van der Waals surface area (Å²) in [5.41, 5.74) is 1.32. The second kappa shape index (κ2) is 9.19. The highest BCUT2D eigenvalue weighted by Crippen LogP contribution is 2.29. The maximum absolute atomic E-state index is 13.2. The highest BCUT2D eigenvalue weighted by molar-refractivity contribution is 7.93. The van der Waals surface area contributed by atoms with Gasteiger partial charge >= 0.3 is 0 Å². The molecule has 0 bridgehead atoms. The van der Waals surface area contributed by atoms with Crippen LogP contribution in [0.5, 0.6) is 5.75 Å². The van der Waals surface area contributed by atoms with Crippen LogP contribution in [0, 0.1) is 0 Å². The van der Waals surface area contributed by atoms with Crippen LogP contribution < -0.4 is 9.46 Å². The van der Waals surface area contributed by atoms with Crippen LogP contribution in [0.15, 0.2) is 41.3 Å². The van der Waals surface area contributed by atoms with Crippen molar-refractivity contribution in [3.63, 3.8) is 0 Å². The van der Waals surface area contributed by atoms with E-state index < -0.39 is 10.0 Å². The molecule has 0 radical (unpaired) electrons. The van der Waals surface area contributed by atoms with Gasteiger partial charge in [0.1, 0.15) is 21.7 Å². The van der Waals surface area contributed by atoms with Crippen LogP contribution in [0.4, 0.5) is 5.69 Å². The first-order chi connectivity index (χ1) is 15.0. The van der Waals surface area contributed by atoms with Crippen molar-refractivity contribution in [2.75, 3.05) is 24.4 Å². The molecule has 2 heterocycles. The van der Waals surface area contributed by atoms with Gasteiger partial charge < -0.3 is 9.64 Å². The van der Waals surface area contributed by atoms with Crippen molar-refractivity contribution in [3.05, 3.63) is 42.0 Å². The van der Waals surface area contributed by atoms with E-state index in [0.29, 0.717) is 42.0 Å². The predicted octanol–water partition coefficient (Wildman–Crippen LogP) is 3.91. The molecular weight excluding hydrogens is 436 g/mol. The lowest BCUT2D eigenvalue weighted by molar-refractivity contribution is 0.0725. The molecule has 0 atom stereocenters. The average molecular weight is 461 g/mol. The first kappa shape index (κ1) is 21.5. The number of nitrogens with zero attached hydrogens (tertiary/aromatic N) is 3. The van der Waals surface area contributed by atoms with E-state index in [0.717, 1.165) is 37.4 Å². The third kappa shape index (κ3) is 4.64. The van der Waals surface area contributed by atoms with E-state index >= 15 is 0 Å². The molecule has 1 aromatic heterocycles. The summed E-state index contributed by atoms with van der Waals surface area (Å²) in [6, 6.07) is 9.72. The fourth-order valence-corrected chi connectivity index (χ4v) is 5.41. The van der Waals surface area contributed by atoms with Crippen LogP contribution in [-0.4, -0.2) is 47.7 Å². The number of amides is 1. The van der Waals surface area contributed by atoms with Gasteiger partial charge in [0, 0.05) is 19.2 Å². The molecule has 1 saturated heterocycles. The molecule has 1 amide bonds. The summed E-state index contributed by atoms with van der Waals surface area (Å²) in [6.07, 6.45) is 3.81. The van der Waals surface area contributed by atoms with Crippen molar-refractivity contribution in [1.82, 2.24) is 13.6 Å². The van der Waals surface area contributed by atoms with Gasteiger partial charge in [0.15, 0.2) is 0 Å². The average Bonchev–Trinajstić information content (AvgIpc) is 3.26. The number of benzene rings is 2. The fraction of sp³-hybridized carbons (Fsp3) is 0.381. The first-order valence-electron chi connectivity index (χ1n) is 10.3. The molecular formula is C21H24N4O4S2. The molecule has 1 aliphatic heterocycles. The Morgan fingerprint density at radius 3 is 2.74 bits per heavy atom. The Morgan fingerprint density at radius 2 is 1.97 bits per heavy atom. The fourth-order valence-electron chi connectivity index (χ4n) is 3.57. The van der Waals surface area contributed by atoms with E-state index in [1.54, 1.807) is 35.2 Å². The quantitative estimate of drug-likeness (QED) is 0.574. The van der Waals surface area contributed by atoms with Crippen LogP contribution in [0.2, 0.25) is 0 Å². The van der Waals surface area contributed by atoms with Crippen LogP contribution in [0.25, 0.3) is 11.0 Å². The number of nitrogens with one attached hydrogen (secondary N) is 1. The molecule has 0 unspecified atom stereocenters. The number of piperidine rings is 1. The number of likely N-dealkylation sites (tertiary alicyclic amines) is 1. The molecule has 3 aromatic rings. The number of hydrogen-bond donors (Lipinski definition) is 1. The van der Waals surface area contributed by atoms with E-state index in [4.69, 9.17) is 4.74 Å². The molecule has 31 heavy (non-hydrogen) atoms. The second-order valence-corrected chi connectivity index (χ2v) is 9.58. The van der Waals surface area contributed by atoms with Gasteiger partial charge in [-0.2, -0.15) is 8.75 Å². The summed E-state index contributed by atoms with van der Waals surface area (Å²) in [6.45, 7) is 3.82. The Labute approximate surface area is 185 Å². The van der Waals surface area contributed by atoms with Crippen LogP contribution in [0.3, 0.4) is 0 Å². The molecule has 1 fully saturated rings. The normalized spacial score (nSPS) is 14.5. The summed E-state index contributed by atoms with van der Waals surface area (Å²) < 4.78 is 43.0. The van der Waals surface area contributed by atoms with E-state index in [-0.39, 0.29) is 16.5 Å². The third-order valence-electron chi connectivity index (χ3n) is 5.12. The Balaban J connectivity index is 1.72. The highest BCUT2D eigenvalue weighted by Gasteiger charge is 2.25. The molecule has 8 nitrogen and oxygen atoms in total. The molecule has 10 heteroatoms. The summed E-state index contributed by atoms with van der Waals surface area (Å²) in [5, 5.41) is 0. The number of rotatable bonds is 7. The maximum atomic E-state index is 13.2. The lowest BCUT2D eigenvalue weighted by atomic mass is 10.1. The minimum Gasteiger partial charge on any atom is -0.494 e. The molecule has 1 N–H and O–H groups in total. The van der Waals surface area contributed by atoms with Crippen molar-refractivity contribution in [1.29, 1.82) is 0 Å². The predicted molar refractivity (Wildman–Crippen MR) is 120 cm³/mol. The molecule has 1 aliphatic rings. The van der Waals surface area contributed by atoms with Crippen molar-refractivity contribution >= 4 is 44.4 Å². The van der Waals surface area contributed by atoms with E-state index in [1.165, 1.54) is 6.07 Å². The molecule has 0 saturated carbocycles. The number of carbonyl (C=O) groups is 1. The largest absolute Gasteiger partial charge is 0.494 e. The van der Waals surface area contributed by atoms with Crippen molar-refractivity contribution in [2.45, 2.75) is 37.5 Å². The van der Waals surface area contributed by atoms with Gasteiger partial charge in [-0.15, -0.1) is 0 Å². The van der Waals surface area contributed by atoms with E-state index in [9.17, 15) is 13.2 Å². The SMILES string of the molecule is CCCOc1ccc(C(=O)N2CCCCC2)c(NS(=O)(=O)c2cccc3nsnc23)c1. The van der Waals surface area contributed by atoms with Crippen LogP contribution in [-0.2, 0) is 10.0 Å². The van der Waals surface area contributed by atoms with Gasteiger partial charge in [-0.3, -0.25) is 9.52 Å². The Hall–Kier alpha value is -2.72. The summed E-state index contributed by atoms with van der Waals surface area (Å²) in [7, 11) is -4.01. The molecule has 4 rings (SSSR count). The standard InChI is InChI=1S/C21H24N4O4S2/c1-2-13-29-15-9-10-16(21(26)25-11-4-3-5-12-25)18(14-15)24-31(27,28)19-8-6-7-17-20(19)23-30-22-17/h6-10,14,24H,2-5,11-13H2,1H3. The molecule has 0 aliphatic carbocycles. The molecule has 2 aromatic carbocycles. The van der Waals surface area contributed by atoms with Gasteiger partial charge in [-0.1, -0.05) is 13.0 Å². The van der Waals surface area contributed by atoms with Gasteiger partial charge in [-0.25, -0.2) is 8.42 Å². The highest BCUT2D eigenvalue weighted by atomic mass is 32.2. The number of aromatic nitrogens is 2. The van der Waals surface area contributed by atoms with Crippen molar-refractivity contribution < 1.29 is 17.9 Å². The van der Waals surface area contributed by atoms with Gasteiger partial charge in [-0.05, 0) is 49.9 Å². The Bertz CT molecular complexity index is 1190. The van der Waals surface area contributed by atoms with Gasteiger partial charge in [0.2, 0.25) is 0 Å². The number of anilines is 1. The number of sulfonamides is 1. The summed E-state index contributed by atoms with van der Waals surface area (Å²) >= 11 is 0.955. The number of fused-ring (bicyclic) bond motifs is 1. The Morgan fingerprint density at radius 1 is 1.16 bits per heavy atom. The monoisotopic (exact) mass is 460 g/mol. The number of ether oxygens (including phenoxy) is 1. The molecule has 0 spiro atoms. The first-order valence-corrected chi connectivity index (χ1v) is 12.5. The van der Waals surface area contributed by atoms with E-state index in [2.05, 4.69) is 13.5 Å². The topological polar surface area (TPSA) is 101 Å². The van der Waals surface area contributed by atoms with Crippen molar-refractivity contribution in [3.8, 4) is 5.75 Å². The Kier molecular flexibility index (Phi) is 6.38. The van der Waals surface area contributed by atoms with Gasteiger partial charge in [0.05, 0.1) is 29.6 Å². The van der Waals surface area contributed by atoms with E-state index in [1.807, 2.05) is 6.92 Å². The second-order valence-electron chi connectivity index (χ2n) is 7.40. The number of carbonyl (C=O) groups excluding carboxylic acids is 1. The van der Waals surface area contributed by atoms with Crippen molar-refractivity contribution in [2.24, 2.45) is 0 Å². The minimum atomic E-state index is -4.01. The minimum absolute atomic E-state index is 0.0231. The van der Waals surface area contributed by atoms with Crippen LogP contribution >= 0.6 is 11.7 Å². The van der Waals surface area contributed by atoms with Crippen LogP contribution in [0.1, 0.15) is 43.0 Å². The lowest BCUT2D eigenvalue weighted by Crippen LogP contribution is -2.36. The zero-order valence-electron chi connectivity index (χ0n) is 17.2. The molecule has 164 valence electrons. The smallest absolute Gasteiger partial charge is 0.264 e. The zero-order valence-corrected chi connectivity index (χ0v) is 18.8. The summed E-state index contributed by atoms with van der Waals surface area (Å²) in [4.78, 5) is 15.0.